The number of carbonyl (C=O) groups excluding carboxylic acids is 1. The first kappa shape index (κ1) is 11.8. The van der Waals surface area contributed by atoms with Crippen molar-refractivity contribution in [2.45, 2.75) is 39.7 Å². The van der Waals surface area contributed by atoms with Crippen molar-refractivity contribution in [1.82, 2.24) is 0 Å². The Balaban J connectivity index is 3.82. The van der Waals surface area contributed by atoms with Crippen LogP contribution in [0.15, 0.2) is 12.2 Å². The van der Waals surface area contributed by atoms with Crippen LogP contribution < -0.4 is 0 Å². The van der Waals surface area contributed by atoms with E-state index in [1.807, 2.05) is 19.9 Å². The van der Waals surface area contributed by atoms with E-state index in [9.17, 15) is 4.79 Å². The molecule has 72 valence electrons. The summed E-state index contributed by atoms with van der Waals surface area (Å²) in [5.41, 5.74) is 0. The Kier molecular flexibility index (Phi) is 6.72. The van der Waals surface area contributed by atoms with E-state index in [1.54, 1.807) is 13.0 Å². The van der Waals surface area contributed by atoms with Crippen molar-refractivity contribution in [3.05, 3.63) is 12.2 Å². The van der Waals surface area contributed by atoms with Crippen molar-refractivity contribution in [3.63, 3.8) is 0 Å². The molecule has 2 nitrogen and oxygen atoms in total. The molecule has 0 N–H and O–H groups in total. The van der Waals surface area contributed by atoms with Crippen LogP contribution in [0.5, 0.6) is 0 Å². The van der Waals surface area contributed by atoms with Gasteiger partial charge in [-0.15, -0.1) is 0 Å². The Morgan fingerprint density at radius 1 is 1.62 bits per heavy atom. The normalized spacial score (nSPS) is 11.9. The highest BCUT2D eigenvalue weighted by molar-refractivity contribution is 5.88. The van der Waals surface area contributed by atoms with E-state index in [0.717, 1.165) is 12.8 Å². The number of unbranched alkanes of at least 4 members (excludes halogenated alkanes) is 1. The van der Waals surface area contributed by atoms with E-state index < -0.39 is 5.97 Å². The molecule has 0 aliphatic rings. The van der Waals surface area contributed by atoms with E-state index in [2.05, 4.69) is 11.8 Å². The Morgan fingerprint density at radius 2 is 2.31 bits per heavy atom. The molecular weight excluding hydrogens is 164 g/mol. The second-order valence-corrected chi connectivity index (χ2v) is 2.69. The molecule has 0 aromatic carbocycles. The minimum Gasteiger partial charge on any atom is -0.449 e. The van der Waals surface area contributed by atoms with Crippen LogP contribution in [0, 0.1) is 11.8 Å². The zero-order valence-corrected chi connectivity index (χ0v) is 8.46. The van der Waals surface area contributed by atoms with Crippen molar-refractivity contribution >= 4 is 5.97 Å². The van der Waals surface area contributed by atoms with Crippen molar-refractivity contribution < 1.29 is 9.53 Å². The number of allylic oxidation sites excluding steroid dienone is 1. The van der Waals surface area contributed by atoms with Gasteiger partial charge in [0.1, 0.15) is 6.10 Å². The highest BCUT2D eigenvalue weighted by Crippen LogP contribution is 1.93. The average Bonchev–Trinajstić information content (AvgIpc) is 2.05. The summed E-state index contributed by atoms with van der Waals surface area (Å²) >= 11 is 0. The van der Waals surface area contributed by atoms with Gasteiger partial charge in [-0.25, -0.2) is 4.79 Å². The lowest BCUT2D eigenvalue weighted by atomic mass is 10.3. The van der Waals surface area contributed by atoms with Gasteiger partial charge < -0.3 is 4.74 Å². The van der Waals surface area contributed by atoms with Crippen LogP contribution in [0.1, 0.15) is 33.6 Å². The van der Waals surface area contributed by atoms with Crippen molar-refractivity contribution in [2.75, 3.05) is 0 Å². The predicted molar refractivity (Wildman–Crippen MR) is 53.1 cm³/mol. The lowest BCUT2D eigenvalue weighted by molar-refractivity contribution is -0.139. The number of rotatable bonds is 3. The van der Waals surface area contributed by atoms with Gasteiger partial charge in [0.25, 0.3) is 0 Å². The monoisotopic (exact) mass is 180 g/mol. The highest BCUT2D eigenvalue weighted by Gasteiger charge is 2.01. The first-order chi connectivity index (χ1) is 6.20. The fraction of sp³-hybridized carbons (Fsp3) is 0.545. The molecule has 13 heavy (non-hydrogen) atoms. The summed E-state index contributed by atoms with van der Waals surface area (Å²) in [6.45, 7) is 5.70. The van der Waals surface area contributed by atoms with Crippen LogP contribution >= 0.6 is 0 Å². The minimum absolute atomic E-state index is 0.187. The summed E-state index contributed by atoms with van der Waals surface area (Å²) in [5, 5.41) is 0. The summed E-state index contributed by atoms with van der Waals surface area (Å²) in [6.07, 6.45) is 5.17. The van der Waals surface area contributed by atoms with E-state index in [1.165, 1.54) is 0 Å². The van der Waals surface area contributed by atoms with Gasteiger partial charge in [-0.1, -0.05) is 18.9 Å². The fourth-order valence-electron chi connectivity index (χ4n) is 0.768. The first-order valence-corrected chi connectivity index (χ1v) is 4.53. The van der Waals surface area contributed by atoms with Gasteiger partial charge in [0, 0.05) is 12.3 Å². The number of hydrogen-bond donors (Lipinski definition) is 0. The molecule has 1 atom stereocenters. The molecule has 0 heterocycles. The largest absolute Gasteiger partial charge is 0.449 e. The van der Waals surface area contributed by atoms with Gasteiger partial charge in [0.2, 0.25) is 0 Å². The Hall–Kier alpha value is -1.23. The van der Waals surface area contributed by atoms with E-state index >= 15 is 0 Å². The third-order valence-electron chi connectivity index (χ3n) is 1.32. The Morgan fingerprint density at radius 3 is 2.85 bits per heavy atom. The summed E-state index contributed by atoms with van der Waals surface area (Å²) < 4.78 is 4.94. The predicted octanol–water partition coefficient (Wildman–Crippen LogP) is 2.30. The molecule has 0 radical (unpaired) electrons. The molecule has 2 heteroatoms. The molecule has 0 aromatic heterocycles. The van der Waals surface area contributed by atoms with E-state index in [0.29, 0.717) is 0 Å². The first-order valence-electron chi connectivity index (χ1n) is 4.53. The molecule has 0 bridgehead atoms. The third kappa shape index (κ3) is 7.14. The van der Waals surface area contributed by atoms with Gasteiger partial charge in [0.15, 0.2) is 0 Å². The topological polar surface area (TPSA) is 26.3 Å². The Labute approximate surface area is 80.0 Å². The lowest BCUT2D eigenvalue weighted by Crippen LogP contribution is -2.10. The van der Waals surface area contributed by atoms with Crippen LogP contribution in [0.2, 0.25) is 0 Å². The number of esters is 1. The van der Waals surface area contributed by atoms with E-state index in [-0.39, 0.29) is 6.10 Å². The summed E-state index contributed by atoms with van der Waals surface area (Å²) in [5.74, 6) is 4.72. The van der Waals surface area contributed by atoms with E-state index in [4.69, 9.17) is 4.74 Å². The fourth-order valence-corrected chi connectivity index (χ4v) is 0.768. The highest BCUT2D eigenvalue weighted by atomic mass is 16.5. The van der Waals surface area contributed by atoms with Crippen LogP contribution in [-0.2, 0) is 9.53 Å². The maximum atomic E-state index is 11.0. The van der Waals surface area contributed by atoms with Crippen LogP contribution in [0.3, 0.4) is 0 Å². The zero-order valence-electron chi connectivity index (χ0n) is 8.46. The third-order valence-corrected chi connectivity index (χ3v) is 1.32. The molecular formula is C11H16O2. The number of ether oxygens (including phenoxy) is 1. The van der Waals surface area contributed by atoms with Gasteiger partial charge in [0.05, 0.1) is 0 Å². The van der Waals surface area contributed by atoms with Crippen LogP contribution in [-0.4, -0.2) is 12.1 Å². The standard InChI is InChI=1S/C11H16O2/c1-4-6-7-9-11(12)13-10(3)8-5-2/h5,8,10H,4,6H2,1-3H3/b8-5+/t10-/m1/s1. The van der Waals surface area contributed by atoms with Gasteiger partial charge in [-0.05, 0) is 26.3 Å². The lowest BCUT2D eigenvalue weighted by Gasteiger charge is -2.03. The van der Waals surface area contributed by atoms with Crippen molar-refractivity contribution in [3.8, 4) is 11.8 Å². The second-order valence-electron chi connectivity index (χ2n) is 2.69. The summed E-state index contributed by atoms with van der Waals surface area (Å²) in [7, 11) is 0. The molecule has 0 amide bonds. The summed E-state index contributed by atoms with van der Waals surface area (Å²) in [4.78, 5) is 11.0. The molecule has 0 saturated carbocycles. The maximum Gasteiger partial charge on any atom is 0.384 e. The smallest absolute Gasteiger partial charge is 0.384 e. The molecule has 0 aliphatic carbocycles. The molecule has 0 aliphatic heterocycles. The molecule has 0 aromatic rings. The second kappa shape index (κ2) is 7.42. The zero-order chi connectivity index (χ0) is 10.1. The van der Waals surface area contributed by atoms with Gasteiger partial charge >= 0.3 is 5.97 Å². The SMILES string of the molecule is C/C=C/[C@@H](C)OC(=O)C#CCCC. The maximum absolute atomic E-state index is 11.0. The number of carbonyl (C=O) groups is 1. The van der Waals surface area contributed by atoms with Crippen LogP contribution in [0.4, 0.5) is 0 Å². The summed E-state index contributed by atoms with van der Waals surface area (Å²) in [6, 6.07) is 0. The number of hydrogen-bond acceptors (Lipinski definition) is 2. The minimum atomic E-state index is -0.445. The molecule has 0 spiro atoms. The van der Waals surface area contributed by atoms with Crippen molar-refractivity contribution in [1.29, 1.82) is 0 Å². The average molecular weight is 180 g/mol. The molecule has 0 rings (SSSR count). The van der Waals surface area contributed by atoms with Gasteiger partial charge in [-0.2, -0.15) is 0 Å². The quantitative estimate of drug-likeness (QED) is 0.288. The Bertz CT molecular complexity index is 230. The van der Waals surface area contributed by atoms with Crippen LogP contribution in [0.25, 0.3) is 0 Å². The molecule has 0 saturated heterocycles. The van der Waals surface area contributed by atoms with Crippen molar-refractivity contribution in [2.24, 2.45) is 0 Å². The van der Waals surface area contributed by atoms with Gasteiger partial charge in [-0.3, -0.25) is 0 Å². The molecule has 0 fully saturated rings. The molecule has 0 unspecified atom stereocenters.